The van der Waals surface area contributed by atoms with Crippen LogP contribution in [0.2, 0.25) is 0 Å². The van der Waals surface area contributed by atoms with Gasteiger partial charge in [-0.25, -0.2) is 0 Å². The van der Waals surface area contributed by atoms with Crippen LogP contribution < -0.4 is 10.2 Å². The first-order valence-electron chi connectivity index (χ1n) is 11.0. The molecule has 0 aromatic carbocycles. The van der Waals surface area contributed by atoms with Crippen LogP contribution in [0.4, 0.5) is 0 Å². The Morgan fingerprint density at radius 2 is 0.852 bits per heavy atom. The predicted octanol–water partition coefficient (Wildman–Crippen LogP) is 2.68. The van der Waals surface area contributed by atoms with Gasteiger partial charge in [-0.05, 0) is 49.4 Å². The van der Waals surface area contributed by atoms with Gasteiger partial charge in [0.2, 0.25) is 0 Å². The predicted molar refractivity (Wildman–Crippen MR) is 95.6 cm³/mol. The zero-order valence-corrected chi connectivity index (χ0v) is 17.2. The Hall–Kier alpha value is -0.541. The largest absolute Gasteiger partial charge is 2.00 e. The van der Waals surface area contributed by atoms with Crippen molar-refractivity contribution in [1.29, 1.82) is 0 Å². The monoisotopic (exact) mass is 425 g/mol. The fourth-order valence-corrected chi connectivity index (χ4v) is 6.46. The van der Waals surface area contributed by atoms with Gasteiger partial charge >= 0.3 is 17.1 Å². The van der Waals surface area contributed by atoms with E-state index in [4.69, 9.17) is 0 Å². The van der Waals surface area contributed by atoms with Gasteiger partial charge in [0.25, 0.3) is 0 Å². The topological polar surface area (TPSA) is 80.3 Å². The van der Waals surface area contributed by atoms with Gasteiger partial charge in [-0.3, -0.25) is 0 Å². The number of hydrogen-bond acceptors (Lipinski definition) is 4. The van der Waals surface area contributed by atoms with Crippen LogP contribution in [0.3, 0.4) is 0 Å². The van der Waals surface area contributed by atoms with Crippen LogP contribution in [0.15, 0.2) is 0 Å². The van der Waals surface area contributed by atoms with E-state index in [0.717, 1.165) is 38.5 Å². The molecule has 0 saturated heterocycles. The van der Waals surface area contributed by atoms with Gasteiger partial charge < -0.3 is 19.8 Å². The van der Waals surface area contributed by atoms with E-state index in [9.17, 15) is 19.8 Å². The molecular formula is C22H34CuO4. The molecule has 27 heavy (non-hydrogen) atoms. The molecule has 0 bridgehead atoms. The molecule has 0 aromatic rings. The van der Waals surface area contributed by atoms with E-state index in [2.05, 4.69) is 0 Å². The third kappa shape index (κ3) is 5.73. The van der Waals surface area contributed by atoms with Crippen molar-refractivity contribution in [2.75, 3.05) is 0 Å². The zero-order valence-electron chi connectivity index (χ0n) is 16.3. The number of carbonyl (C=O) groups is 2. The fraction of sp³-hybridized carbons (Fsp3) is 0.909. The molecule has 4 rings (SSSR count). The van der Waals surface area contributed by atoms with Gasteiger partial charge in [0.1, 0.15) is 0 Å². The van der Waals surface area contributed by atoms with Crippen molar-refractivity contribution in [3.05, 3.63) is 0 Å². The number of carboxylic acid groups (broad SMARTS) is 2. The molecular weight excluding hydrogens is 392 g/mol. The van der Waals surface area contributed by atoms with E-state index in [0.29, 0.717) is 23.7 Å². The van der Waals surface area contributed by atoms with Crippen molar-refractivity contribution < 1.29 is 36.9 Å². The number of carboxylic acids is 2. The van der Waals surface area contributed by atoms with Crippen LogP contribution in [0.5, 0.6) is 0 Å². The second-order valence-corrected chi connectivity index (χ2v) is 9.13. The molecule has 6 atom stereocenters. The summed E-state index contributed by atoms with van der Waals surface area (Å²) in [6, 6.07) is 0. The van der Waals surface area contributed by atoms with Gasteiger partial charge in [0, 0.05) is 23.8 Å². The van der Waals surface area contributed by atoms with Crippen molar-refractivity contribution in [2.24, 2.45) is 35.5 Å². The Morgan fingerprint density at radius 3 is 1.22 bits per heavy atom. The van der Waals surface area contributed by atoms with Gasteiger partial charge in [0.05, 0.1) is 0 Å². The summed E-state index contributed by atoms with van der Waals surface area (Å²) in [5.41, 5.74) is 0. The molecule has 4 nitrogen and oxygen atoms in total. The number of carbonyl (C=O) groups excluding carboxylic acids is 2. The van der Waals surface area contributed by atoms with E-state index in [1.807, 2.05) is 0 Å². The van der Waals surface area contributed by atoms with Crippen LogP contribution >= 0.6 is 0 Å². The molecule has 0 aliphatic heterocycles. The van der Waals surface area contributed by atoms with E-state index in [1.54, 1.807) is 0 Å². The van der Waals surface area contributed by atoms with Crippen molar-refractivity contribution in [3.63, 3.8) is 0 Å². The summed E-state index contributed by atoms with van der Waals surface area (Å²) in [6.07, 6.45) is 16.3. The zero-order chi connectivity index (χ0) is 18.5. The van der Waals surface area contributed by atoms with Crippen LogP contribution in [-0.2, 0) is 26.7 Å². The second-order valence-electron chi connectivity index (χ2n) is 9.13. The smallest absolute Gasteiger partial charge is 0.550 e. The molecule has 1 radical (unpaired) electrons. The SMILES string of the molecule is O=C([O-])C1CCCC2CCCCC21.O=C([O-])C1CCCC2CCCCC21.[Cu+2]. The molecule has 0 spiro atoms. The maximum Gasteiger partial charge on any atom is 2.00 e. The van der Waals surface area contributed by atoms with Crippen LogP contribution in [-0.4, -0.2) is 11.9 Å². The van der Waals surface area contributed by atoms with Crippen molar-refractivity contribution >= 4 is 11.9 Å². The molecule has 4 saturated carbocycles. The summed E-state index contributed by atoms with van der Waals surface area (Å²) in [6.45, 7) is 0. The molecule has 4 fully saturated rings. The molecule has 0 aromatic heterocycles. The minimum atomic E-state index is -0.795. The molecule has 157 valence electrons. The molecule has 0 amide bonds. The minimum absolute atomic E-state index is 0. The molecule has 4 aliphatic carbocycles. The summed E-state index contributed by atoms with van der Waals surface area (Å²) in [5, 5.41) is 21.8. The maximum absolute atomic E-state index is 10.9. The Balaban J connectivity index is 0.000000187. The maximum atomic E-state index is 10.9. The number of hydrogen-bond donors (Lipinski definition) is 0. The summed E-state index contributed by atoms with van der Waals surface area (Å²) in [7, 11) is 0. The first-order valence-corrected chi connectivity index (χ1v) is 11.0. The second kappa shape index (κ2) is 10.9. The summed E-state index contributed by atoms with van der Waals surface area (Å²) >= 11 is 0. The van der Waals surface area contributed by atoms with E-state index >= 15 is 0 Å². The molecule has 5 heteroatoms. The average Bonchev–Trinajstić information content (AvgIpc) is 2.67. The molecule has 0 N–H and O–H groups in total. The van der Waals surface area contributed by atoms with Crippen LogP contribution in [0, 0.1) is 35.5 Å². The molecule has 4 aliphatic rings. The fourth-order valence-electron chi connectivity index (χ4n) is 6.46. The van der Waals surface area contributed by atoms with Crippen molar-refractivity contribution in [2.45, 2.75) is 89.9 Å². The quantitative estimate of drug-likeness (QED) is 0.637. The van der Waals surface area contributed by atoms with Crippen LogP contribution in [0.25, 0.3) is 0 Å². The Bertz CT molecular complexity index is 447. The Labute approximate surface area is 174 Å². The standard InChI is InChI=1S/2C11H18O2.Cu/c2*12-11(13)10-7-3-5-8-4-1-2-6-9(8)10;/h2*8-10H,1-7H2,(H,12,13);/q;;+2/p-2. The minimum Gasteiger partial charge on any atom is -0.550 e. The summed E-state index contributed by atoms with van der Waals surface area (Å²) in [4.78, 5) is 21.8. The van der Waals surface area contributed by atoms with E-state index < -0.39 is 11.9 Å². The number of aliphatic carboxylic acids is 2. The van der Waals surface area contributed by atoms with E-state index in [1.165, 1.54) is 51.4 Å². The normalized spacial score (nSPS) is 38.1. The number of rotatable bonds is 2. The van der Waals surface area contributed by atoms with Gasteiger partial charge in [0.15, 0.2) is 0 Å². The van der Waals surface area contributed by atoms with Gasteiger partial charge in [-0.1, -0.05) is 64.2 Å². The van der Waals surface area contributed by atoms with E-state index in [-0.39, 0.29) is 28.9 Å². The molecule has 6 unspecified atom stereocenters. The van der Waals surface area contributed by atoms with Crippen LogP contribution in [0.1, 0.15) is 89.9 Å². The third-order valence-corrected chi connectivity index (χ3v) is 7.75. The first kappa shape index (κ1) is 22.7. The Kier molecular flexibility index (Phi) is 9.14. The Morgan fingerprint density at radius 1 is 0.519 bits per heavy atom. The average molecular weight is 426 g/mol. The van der Waals surface area contributed by atoms with Crippen molar-refractivity contribution in [3.8, 4) is 0 Å². The molecule has 0 heterocycles. The summed E-state index contributed by atoms with van der Waals surface area (Å²) < 4.78 is 0. The number of fused-ring (bicyclic) bond motifs is 2. The summed E-state index contributed by atoms with van der Waals surface area (Å²) in [5.74, 6) is 0.460. The van der Waals surface area contributed by atoms with Gasteiger partial charge in [-0.15, -0.1) is 0 Å². The van der Waals surface area contributed by atoms with Gasteiger partial charge in [-0.2, -0.15) is 0 Å². The first-order chi connectivity index (χ1) is 12.6. The third-order valence-electron chi connectivity index (χ3n) is 7.75. The van der Waals surface area contributed by atoms with Crippen molar-refractivity contribution in [1.82, 2.24) is 0 Å².